The summed E-state index contributed by atoms with van der Waals surface area (Å²) >= 11 is 0.851. The van der Waals surface area contributed by atoms with E-state index in [-0.39, 0.29) is 18.8 Å². The maximum atomic E-state index is 11.2. The molecule has 1 fully saturated rings. The Balaban J connectivity index is 2.61. The molecule has 2 unspecified atom stereocenters. The maximum absolute atomic E-state index is 11.2. The zero-order chi connectivity index (χ0) is 10.7. The standard InChI is InChI=1S/C8H10O5S/c1-2-13-8(12)6-4(9)3-5(14-6)7(10)11/h5-6H,2-3H2,1H3,(H,10,11). The van der Waals surface area contributed by atoms with Crippen molar-refractivity contribution in [2.45, 2.75) is 23.8 Å². The number of carboxylic acids is 1. The summed E-state index contributed by atoms with van der Waals surface area (Å²) in [5.41, 5.74) is 0. The van der Waals surface area contributed by atoms with E-state index in [1.807, 2.05) is 0 Å². The lowest BCUT2D eigenvalue weighted by Gasteiger charge is -2.06. The first kappa shape index (κ1) is 11.0. The Morgan fingerprint density at radius 1 is 1.64 bits per heavy atom. The molecule has 0 radical (unpaired) electrons. The van der Waals surface area contributed by atoms with Gasteiger partial charge in [-0.05, 0) is 6.92 Å². The fraction of sp³-hybridized carbons (Fsp3) is 0.625. The third kappa shape index (κ3) is 2.25. The molecule has 14 heavy (non-hydrogen) atoms. The van der Waals surface area contributed by atoms with Crippen LogP contribution >= 0.6 is 11.8 Å². The zero-order valence-electron chi connectivity index (χ0n) is 7.56. The third-order valence-corrected chi connectivity index (χ3v) is 3.18. The van der Waals surface area contributed by atoms with Crippen LogP contribution in [0.2, 0.25) is 0 Å². The summed E-state index contributed by atoms with van der Waals surface area (Å²) in [5.74, 6) is -2.05. The fourth-order valence-electron chi connectivity index (χ4n) is 1.13. The van der Waals surface area contributed by atoms with Crippen molar-refractivity contribution in [2.75, 3.05) is 6.61 Å². The van der Waals surface area contributed by atoms with E-state index < -0.39 is 22.4 Å². The number of thioether (sulfide) groups is 1. The Morgan fingerprint density at radius 3 is 2.71 bits per heavy atom. The normalized spacial score (nSPS) is 26.2. The summed E-state index contributed by atoms with van der Waals surface area (Å²) in [6.45, 7) is 1.83. The predicted octanol–water partition coefficient (Wildman–Crippen LogP) is 0.0773. The van der Waals surface area contributed by atoms with Crippen molar-refractivity contribution in [1.29, 1.82) is 0 Å². The largest absolute Gasteiger partial charge is 0.480 e. The Kier molecular flexibility index (Phi) is 3.51. The van der Waals surface area contributed by atoms with Gasteiger partial charge >= 0.3 is 11.9 Å². The number of ether oxygens (including phenoxy) is 1. The van der Waals surface area contributed by atoms with Crippen molar-refractivity contribution in [3.63, 3.8) is 0 Å². The summed E-state index contributed by atoms with van der Waals surface area (Å²) in [6.07, 6.45) is -0.0938. The number of carbonyl (C=O) groups excluding carboxylic acids is 2. The molecule has 1 heterocycles. The third-order valence-electron chi connectivity index (χ3n) is 1.76. The van der Waals surface area contributed by atoms with Gasteiger partial charge in [-0.15, -0.1) is 11.8 Å². The number of aliphatic carboxylic acids is 1. The molecule has 1 aliphatic heterocycles. The lowest BCUT2D eigenvalue weighted by molar-refractivity contribution is -0.145. The van der Waals surface area contributed by atoms with Crippen LogP contribution in [0, 0.1) is 0 Å². The average Bonchev–Trinajstić information content (AvgIpc) is 2.48. The second-order valence-electron chi connectivity index (χ2n) is 2.77. The molecule has 78 valence electrons. The second-order valence-corrected chi connectivity index (χ2v) is 4.08. The number of carboxylic acid groups (broad SMARTS) is 1. The monoisotopic (exact) mass is 218 g/mol. The average molecular weight is 218 g/mol. The number of ketones is 1. The number of hydrogen-bond acceptors (Lipinski definition) is 5. The van der Waals surface area contributed by atoms with Crippen molar-refractivity contribution in [3.05, 3.63) is 0 Å². The van der Waals surface area contributed by atoms with Gasteiger partial charge in [-0.25, -0.2) is 0 Å². The zero-order valence-corrected chi connectivity index (χ0v) is 8.37. The molecule has 5 nitrogen and oxygen atoms in total. The number of carbonyl (C=O) groups is 3. The lowest BCUT2D eigenvalue weighted by Crippen LogP contribution is -2.24. The molecular formula is C8H10O5S. The molecule has 1 saturated heterocycles. The van der Waals surface area contributed by atoms with Gasteiger partial charge in [-0.2, -0.15) is 0 Å². The van der Waals surface area contributed by atoms with Crippen LogP contribution in [-0.4, -0.2) is 39.9 Å². The first-order valence-corrected chi connectivity index (χ1v) is 5.08. The van der Waals surface area contributed by atoms with Gasteiger partial charge in [0.25, 0.3) is 0 Å². The van der Waals surface area contributed by atoms with Gasteiger partial charge in [-0.1, -0.05) is 0 Å². The Hall–Kier alpha value is -1.04. The Labute approximate surface area is 84.8 Å². The Bertz CT molecular complexity index is 275. The lowest BCUT2D eigenvalue weighted by atomic mass is 10.2. The van der Waals surface area contributed by atoms with E-state index in [2.05, 4.69) is 4.74 Å². The van der Waals surface area contributed by atoms with Gasteiger partial charge in [0.2, 0.25) is 0 Å². The van der Waals surface area contributed by atoms with Gasteiger partial charge in [-0.3, -0.25) is 14.4 Å². The molecular weight excluding hydrogens is 208 g/mol. The molecule has 0 amide bonds. The molecule has 1 aliphatic rings. The highest BCUT2D eigenvalue weighted by Gasteiger charge is 2.42. The van der Waals surface area contributed by atoms with Crippen LogP contribution in [0.15, 0.2) is 0 Å². The van der Waals surface area contributed by atoms with E-state index >= 15 is 0 Å². The maximum Gasteiger partial charge on any atom is 0.326 e. The van der Waals surface area contributed by atoms with Crippen LogP contribution < -0.4 is 0 Å². The molecule has 2 atom stereocenters. The van der Waals surface area contributed by atoms with E-state index in [1.165, 1.54) is 0 Å². The highest BCUT2D eigenvalue weighted by Crippen LogP contribution is 2.31. The molecule has 0 aliphatic carbocycles. The molecule has 0 aromatic heterocycles. The van der Waals surface area contributed by atoms with Crippen molar-refractivity contribution in [3.8, 4) is 0 Å². The van der Waals surface area contributed by atoms with Crippen molar-refractivity contribution in [1.82, 2.24) is 0 Å². The van der Waals surface area contributed by atoms with Crippen LogP contribution in [0.4, 0.5) is 0 Å². The molecule has 0 spiro atoms. The predicted molar refractivity (Wildman–Crippen MR) is 49.1 cm³/mol. The van der Waals surface area contributed by atoms with Crippen LogP contribution in [0.25, 0.3) is 0 Å². The van der Waals surface area contributed by atoms with Crippen molar-refractivity contribution >= 4 is 29.5 Å². The summed E-state index contributed by atoms with van der Waals surface area (Å²) < 4.78 is 4.65. The minimum absolute atomic E-state index is 0.0938. The SMILES string of the molecule is CCOC(=O)C1SC(C(=O)O)CC1=O. The van der Waals surface area contributed by atoms with Crippen molar-refractivity contribution in [2.24, 2.45) is 0 Å². The number of rotatable bonds is 3. The van der Waals surface area contributed by atoms with Crippen LogP contribution in [0.1, 0.15) is 13.3 Å². The molecule has 0 aromatic rings. The Morgan fingerprint density at radius 2 is 2.29 bits per heavy atom. The first-order chi connectivity index (χ1) is 6.56. The quantitative estimate of drug-likeness (QED) is 0.533. The number of Topliss-reactive ketones (excluding diaryl/α,β-unsaturated/α-hetero) is 1. The van der Waals surface area contributed by atoms with Crippen LogP contribution in [-0.2, 0) is 19.1 Å². The van der Waals surface area contributed by atoms with Crippen LogP contribution in [0.5, 0.6) is 0 Å². The molecule has 6 heteroatoms. The van der Waals surface area contributed by atoms with Gasteiger partial charge in [0.1, 0.15) is 5.25 Å². The molecule has 0 aromatic carbocycles. The molecule has 0 saturated carbocycles. The second kappa shape index (κ2) is 4.45. The number of esters is 1. The van der Waals surface area contributed by atoms with Gasteiger partial charge in [0.15, 0.2) is 11.0 Å². The van der Waals surface area contributed by atoms with Gasteiger partial charge < -0.3 is 9.84 Å². The summed E-state index contributed by atoms with van der Waals surface area (Å²) in [5, 5.41) is 6.88. The molecule has 0 bridgehead atoms. The highest BCUT2D eigenvalue weighted by molar-refractivity contribution is 8.03. The van der Waals surface area contributed by atoms with Crippen molar-refractivity contribution < 1.29 is 24.2 Å². The van der Waals surface area contributed by atoms with E-state index in [0.29, 0.717) is 0 Å². The first-order valence-electron chi connectivity index (χ1n) is 4.14. The van der Waals surface area contributed by atoms with Crippen LogP contribution in [0.3, 0.4) is 0 Å². The summed E-state index contributed by atoms with van der Waals surface area (Å²) in [4.78, 5) is 32.9. The minimum atomic E-state index is -1.06. The summed E-state index contributed by atoms with van der Waals surface area (Å²) in [6, 6.07) is 0. The minimum Gasteiger partial charge on any atom is -0.480 e. The molecule has 1 N–H and O–H groups in total. The fourth-order valence-corrected chi connectivity index (χ4v) is 2.26. The van der Waals surface area contributed by atoms with E-state index in [9.17, 15) is 14.4 Å². The smallest absolute Gasteiger partial charge is 0.326 e. The molecule has 1 rings (SSSR count). The number of hydrogen-bond donors (Lipinski definition) is 1. The highest BCUT2D eigenvalue weighted by atomic mass is 32.2. The summed E-state index contributed by atoms with van der Waals surface area (Å²) in [7, 11) is 0. The van der Waals surface area contributed by atoms with Gasteiger partial charge in [0.05, 0.1) is 6.61 Å². The van der Waals surface area contributed by atoms with E-state index in [0.717, 1.165) is 11.8 Å². The van der Waals surface area contributed by atoms with Gasteiger partial charge in [0, 0.05) is 6.42 Å². The van der Waals surface area contributed by atoms with E-state index in [4.69, 9.17) is 5.11 Å². The topological polar surface area (TPSA) is 80.7 Å². The van der Waals surface area contributed by atoms with E-state index in [1.54, 1.807) is 6.92 Å².